The number of benzene rings is 1. The smallest absolute Gasteiger partial charge is 0.270 e. The molecule has 124 valence electrons. The van der Waals surface area contributed by atoms with Gasteiger partial charge in [0.1, 0.15) is 0 Å². The molecule has 0 atom stereocenters. The minimum absolute atomic E-state index is 0.102. The van der Waals surface area contributed by atoms with Gasteiger partial charge < -0.3 is 0 Å². The van der Waals surface area contributed by atoms with Gasteiger partial charge in [-0.25, -0.2) is 8.42 Å². The highest BCUT2D eigenvalue weighted by Gasteiger charge is 2.24. The summed E-state index contributed by atoms with van der Waals surface area (Å²) >= 11 is 0. The van der Waals surface area contributed by atoms with Crippen molar-refractivity contribution in [3.8, 4) is 0 Å². The largest absolute Gasteiger partial charge is 0.272 e. The maximum Gasteiger partial charge on any atom is 0.270 e. The van der Waals surface area contributed by atoms with E-state index in [1.165, 1.54) is 25.2 Å². The fourth-order valence-electron chi connectivity index (χ4n) is 2.14. The summed E-state index contributed by atoms with van der Waals surface area (Å²) in [4.78, 5) is 10.1. The Bertz CT molecular complexity index is 829. The zero-order valence-corrected chi connectivity index (χ0v) is 13.9. The zero-order chi connectivity index (χ0) is 17.2. The van der Waals surface area contributed by atoms with Gasteiger partial charge in [0, 0.05) is 44.0 Å². The lowest BCUT2D eigenvalue weighted by atomic mass is 10.3. The van der Waals surface area contributed by atoms with E-state index in [2.05, 4.69) is 5.10 Å². The van der Waals surface area contributed by atoms with Crippen LogP contribution in [0.1, 0.15) is 18.2 Å². The van der Waals surface area contributed by atoms with Crippen molar-refractivity contribution in [2.24, 2.45) is 0 Å². The molecule has 0 bridgehead atoms. The highest BCUT2D eigenvalue weighted by molar-refractivity contribution is 7.89. The second-order valence-electron chi connectivity index (χ2n) is 5.11. The average molecular weight is 338 g/mol. The fraction of sp³-hybridized carbons (Fsp3) is 0.357. The highest BCUT2D eigenvalue weighted by atomic mass is 32.2. The molecular formula is C14H18N4O4S. The standard InChI is InChI=1S/C14H18N4O4S/c1-4-17-10-12(11(2)15-17)9-16(3)23(21,22)14-7-5-6-13(8-14)18(19)20/h5-8,10H,4,9H2,1-3H3. The number of aryl methyl sites for hydroxylation is 2. The van der Waals surface area contributed by atoms with Gasteiger partial charge in [0.15, 0.2) is 0 Å². The van der Waals surface area contributed by atoms with Gasteiger partial charge in [0.2, 0.25) is 10.0 Å². The van der Waals surface area contributed by atoms with Crippen LogP contribution in [0.5, 0.6) is 0 Å². The lowest BCUT2D eigenvalue weighted by molar-refractivity contribution is -0.385. The van der Waals surface area contributed by atoms with Crippen molar-refractivity contribution in [2.75, 3.05) is 7.05 Å². The van der Waals surface area contributed by atoms with E-state index in [0.717, 1.165) is 21.6 Å². The normalized spacial score (nSPS) is 11.8. The van der Waals surface area contributed by atoms with E-state index < -0.39 is 14.9 Å². The molecule has 0 aliphatic carbocycles. The molecule has 0 aliphatic heterocycles. The number of aromatic nitrogens is 2. The van der Waals surface area contributed by atoms with Crippen molar-refractivity contribution in [1.29, 1.82) is 0 Å². The minimum atomic E-state index is -3.82. The van der Waals surface area contributed by atoms with Crippen LogP contribution in [0.2, 0.25) is 0 Å². The van der Waals surface area contributed by atoms with E-state index in [1.807, 2.05) is 13.8 Å². The Morgan fingerprint density at radius 3 is 2.65 bits per heavy atom. The van der Waals surface area contributed by atoms with Gasteiger partial charge in [-0.2, -0.15) is 9.40 Å². The average Bonchev–Trinajstić information content (AvgIpc) is 2.87. The summed E-state index contributed by atoms with van der Waals surface area (Å²) in [6, 6.07) is 5.03. The molecule has 8 nitrogen and oxygen atoms in total. The Kier molecular flexibility index (Phi) is 4.81. The van der Waals surface area contributed by atoms with Crippen LogP contribution in [0, 0.1) is 17.0 Å². The number of nitro groups is 1. The number of sulfonamides is 1. The Morgan fingerprint density at radius 2 is 2.09 bits per heavy atom. The Morgan fingerprint density at radius 1 is 1.39 bits per heavy atom. The van der Waals surface area contributed by atoms with Crippen LogP contribution in [-0.2, 0) is 23.1 Å². The molecule has 0 unspecified atom stereocenters. The van der Waals surface area contributed by atoms with Crippen LogP contribution < -0.4 is 0 Å². The minimum Gasteiger partial charge on any atom is -0.272 e. The number of rotatable bonds is 6. The fourth-order valence-corrected chi connectivity index (χ4v) is 3.33. The van der Waals surface area contributed by atoms with Crippen molar-refractivity contribution >= 4 is 15.7 Å². The summed E-state index contributed by atoms with van der Waals surface area (Å²) in [6.45, 7) is 4.61. The lowest BCUT2D eigenvalue weighted by Gasteiger charge is -2.16. The van der Waals surface area contributed by atoms with E-state index in [9.17, 15) is 18.5 Å². The first-order valence-electron chi connectivity index (χ1n) is 6.99. The van der Waals surface area contributed by atoms with Crippen LogP contribution in [0.3, 0.4) is 0 Å². The molecule has 1 aromatic heterocycles. The van der Waals surface area contributed by atoms with Gasteiger partial charge in [-0.3, -0.25) is 14.8 Å². The third-order valence-corrected chi connectivity index (χ3v) is 5.30. The predicted molar refractivity (Wildman–Crippen MR) is 84.4 cm³/mol. The van der Waals surface area contributed by atoms with Crippen LogP contribution in [0.25, 0.3) is 0 Å². The molecule has 0 radical (unpaired) electrons. The van der Waals surface area contributed by atoms with Crippen LogP contribution in [0.4, 0.5) is 5.69 Å². The molecule has 0 fully saturated rings. The second kappa shape index (κ2) is 6.47. The van der Waals surface area contributed by atoms with E-state index >= 15 is 0 Å². The van der Waals surface area contributed by atoms with Crippen LogP contribution in [0.15, 0.2) is 35.4 Å². The molecule has 9 heteroatoms. The predicted octanol–water partition coefficient (Wildman–Crippen LogP) is 1.94. The molecule has 0 amide bonds. The highest BCUT2D eigenvalue weighted by Crippen LogP contribution is 2.22. The Labute approximate surface area is 134 Å². The first kappa shape index (κ1) is 17.1. The molecule has 23 heavy (non-hydrogen) atoms. The quantitative estimate of drug-likeness (QED) is 0.592. The SMILES string of the molecule is CCn1cc(CN(C)S(=O)(=O)c2cccc([N+](=O)[O-])c2)c(C)n1. The Balaban J connectivity index is 2.29. The van der Waals surface area contributed by atoms with Gasteiger partial charge >= 0.3 is 0 Å². The number of hydrogen-bond acceptors (Lipinski definition) is 5. The summed E-state index contributed by atoms with van der Waals surface area (Å²) < 4.78 is 28.0. The molecule has 0 aliphatic rings. The second-order valence-corrected chi connectivity index (χ2v) is 7.16. The first-order chi connectivity index (χ1) is 10.8. The maximum absolute atomic E-state index is 12.6. The summed E-state index contributed by atoms with van der Waals surface area (Å²) in [5, 5.41) is 15.1. The maximum atomic E-state index is 12.6. The van der Waals surface area contributed by atoms with Crippen LogP contribution >= 0.6 is 0 Å². The summed E-state index contributed by atoms with van der Waals surface area (Å²) in [7, 11) is -2.37. The van der Waals surface area contributed by atoms with Crippen molar-refractivity contribution in [1.82, 2.24) is 14.1 Å². The summed E-state index contributed by atoms with van der Waals surface area (Å²) in [6.07, 6.45) is 1.80. The number of non-ortho nitro benzene ring substituents is 1. The van der Waals surface area contributed by atoms with Gasteiger partial charge in [-0.15, -0.1) is 0 Å². The molecular weight excluding hydrogens is 320 g/mol. The monoisotopic (exact) mass is 338 g/mol. The van der Waals surface area contributed by atoms with E-state index in [1.54, 1.807) is 10.9 Å². The molecule has 2 rings (SSSR count). The molecule has 0 N–H and O–H groups in total. The third-order valence-electron chi connectivity index (χ3n) is 3.50. The number of nitro benzene ring substituents is 1. The topological polar surface area (TPSA) is 98.3 Å². The Hall–Kier alpha value is -2.26. The summed E-state index contributed by atoms with van der Waals surface area (Å²) in [5.41, 5.74) is 1.30. The van der Waals surface area contributed by atoms with Crippen molar-refractivity contribution < 1.29 is 13.3 Å². The molecule has 0 saturated carbocycles. The number of nitrogens with zero attached hydrogens (tertiary/aromatic N) is 4. The van der Waals surface area contributed by atoms with Crippen molar-refractivity contribution in [3.63, 3.8) is 0 Å². The summed E-state index contributed by atoms with van der Waals surface area (Å²) in [5.74, 6) is 0. The van der Waals surface area contributed by atoms with E-state index in [4.69, 9.17) is 0 Å². The van der Waals surface area contributed by atoms with Crippen molar-refractivity contribution in [3.05, 3.63) is 51.8 Å². The lowest BCUT2D eigenvalue weighted by Crippen LogP contribution is -2.26. The van der Waals surface area contributed by atoms with Gasteiger partial charge in [-0.1, -0.05) is 6.07 Å². The molecule has 2 aromatic rings. The zero-order valence-electron chi connectivity index (χ0n) is 13.1. The third kappa shape index (κ3) is 3.57. The van der Waals surface area contributed by atoms with Gasteiger partial charge in [0.05, 0.1) is 15.5 Å². The van der Waals surface area contributed by atoms with Crippen LogP contribution in [-0.4, -0.2) is 34.5 Å². The first-order valence-corrected chi connectivity index (χ1v) is 8.43. The van der Waals surface area contributed by atoms with Gasteiger partial charge in [0.25, 0.3) is 5.69 Å². The molecule has 1 heterocycles. The van der Waals surface area contributed by atoms with Gasteiger partial charge in [-0.05, 0) is 19.9 Å². The molecule has 0 saturated heterocycles. The van der Waals surface area contributed by atoms with E-state index in [0.29, 0.717) is 6.54 Å². The molecule has 0 spiro atoms. The van der Waals surface area contributed by atoms with Crippen molar-refractivity contribution in [2.45, 2.75) is 31.8 Å². The number of hydrogen-bond donors (Lipinski definition) is 0. The van der Waals surface area contributed by atoms with E-state index in [-0.39, 0.29) is 17.1 Å². The molecule has 1 aromatic carbocycles.